The van der Waals surface area contributed by atoms with Crippen LogP contribution in [0, 0.1) is 11.3 Å². The van der Waals surface area contributed by atoms with Crippen LogP contribution in [0.5, 0.6) is 0 Å². The number of nitrogens with zero attached hydrogens (tertiary/aromatic N) is 2. The van der Waals surface area contributed by atoms with E-state index in [1.807, 2.05) is 12.1 Å². The summed E-state index contributed by atoms with van der Waals surface area (Å²) in [4.78, 5) is 2.37. The number of nitrogens with two attached hydrogens (primary N) is 1. The molecule has 1 aliphatic heterocycles. The van der Waals surface area contributed by atoms with Gasteiger partial charge in [0.25, 0.3) is 0 Å². The SMILES string of the molecule is CCN1CCOC(CNc2cccc(C#N)c2N)C1. The monoisotopic (exact) mass is 260 g/mol. The number of nitrogens with one attached hydrogen (secondary N) is 1. The van der Waals surface area contributed by atoms with Crippen molar-refractivity contribution in [1.29, 1.82) is 5.26 Å². The summed E-state index contributed by atoms with van der Waals surface area (Å²) in [5, 5.41) is 12.2. The molecule has 0 spiro atoms. The number of ether oxygens (including phenoxy) is 1. The van der Waals surface area contributed by atoms with E-state index >= 15 is 0 Å². The Balaban J connectivity index is 1.94. The van der Waals surface area contributed by atoms with Crippen molar-refractivity contribution in [1.82, 2.24) is 4.90 Å². The number of anilines is 2. The minimum atomic E-state index is 0.166. The van der Waals surface area contributed by atoms with E-state index in [1.54, 1.807) is 6.07 Å². The van der Waals surface area contributed by atoms with E-state index < -0.39 is 0 Å². The van der Waals surface area contributed by atoms with Crippen molar-refractivity contribution in [2.75, 3.05) is 43.8 Å². The van der Waals surface area contributed by atoms with Gasteiger partial charge in [0.05, 0.1) is 29.6 Å². The summed E-state index contributed by atoms with van der Waals surface area (Å²) in [6.07, 6.45) is 0.166. The molecule has 0 aromatic heterocycles. The lowest BCUT2D eigenvalue weighted by Gasteiger charge is -2.32. The number of likely N-dealkylation sites (N-methyl/N-ethyl adjacent to an activating group) is 1. The minimum absolute atomic E-state index is 0.166. The predicted molar refractivity (Wildman–Crippen MR) is 75.9 cm³/mol. The van der Waals surface area contributed by atoms with Gasteiger partial charge in [-0.2, -0.15) is 5.26 Å². The molecule has 1 atom stereocenters. The zero-order valence-corrected chi connectivity index (χ0v) is 11.2. The standard InChI is InChI=1S/C14H20N4O/c1-2-18-6-7-19-12(10-18)9-17-13-5-3-4-11(8-15)14(13)16/h3-5,12,17H,2,6-7,9-10,16H2,1H3. The van der Waals surface area contributed by atoms with Gasteiger partial charge >= 0.3 is 0 Å². The average molecular weight is 260 g/mol. The fourth-order valence-electron chi connectivity index (χ4n) is 2.23. The van der Waals surface area contributed by atoms with Crippen molar-refractivity contribution in [2.24, 2.45) is 0 Å². The molecule has 19 heavy (non-hydrogen) atoms. The van der Waals surface area contributed by atoms with Crippen LogP contribution in [0.2, 0.25) is 0 Å². The number of nitriles is 1. The number of para-hydroxylation sites is 1. The third kappa shape index (κ3) is 3.37. The first-order valence-corrected chi connectivity index (χ1v) is 6.61. The molecule has 102 valence electrons. The van der Waals surface area contributed by atoms with Gasteiger partial charge in [-0.1, -0.05) is 13.0 Å². The topological polar surface area (TPSA) is 74.3 Å². The van der Waals surface area contributed by atoms with Crippen molar-refractivity contribution in [3.63, 3.8) is 0 Å². The number of nitrogen functional groups attached to an aromatic ring is 1. The van der Waals surface area contributed by atoms with Crippen LogP contribution < -0.4 is 11.1 Å². The van der Waals surface area contributed by atoms with Gasteiger partial charge in [0, 0.05) is 19.6 Å². The van der Waals surface area contributed by atoms with Crippen molar-refractivity contribution in [3.8, 4) is 6.07 Å². The number of rotatable bonds is 4. The van der Waals surface area contributed by atoms with Crippen molar-refractivity contribution < 1.29 is 4.74 Å². The first kappa shape index (κ1) is 13.7. The van der Waals surface area contributed by atoms with Gasteiger partial charge in [0.2, 0.25) is 0 Å². The van der Waals surface area contributed by atoms with E-state index in [-0.39, 0.29) is 6.10 Å². The predicted octanol–water partition coefficient (Wildman–Crippen LogP) is 1.27. The van der Waals surface area contributed by atoms with Gasteiger partial charge in [-0.3, -0.25) is 4.90 Å². The Kier molecular flexibility index (Phi) is 4.61. The second-order valence-electron chi connectivity index (χ2n) is 4.65. The van der Waals surface area contributed by atoms with Gasteiger partial charge in [-0.05, 0) is 18.7 Å². The number of hydrogen-bond donors (Lipinski definition) is 2. The Bertz CT molecular complexity index is 469. The van der Waals surface area contributed by atoms with Gasteiger partial charge in [-0.25, -0.2) is 0 Å². The highest BCUT2D eigenvalue weighted by molar-refractivity contribution is 5.72. The molecule has 0 aliphatic carbocycles. The van der Waals surface area contributed by atoms with Gasteiger partial charge in [-0.15, -0.1) is 0 Å². The zero-order chi connectivity index (χ0) is 13.7. The molecule has 1 aromatic carbocycles. The number of morpholine rings is 1. The lowest BCUT2D eigenvalue weighted by atomic mass is 10.1. The fraction of sp³-hybridized carbons (Fsp3) is 0.500. The second kappa shape index (κ2) is 6.41. The highest BCUT2D eigenvalue weighted by Crippen LogP contribution is 2.22. The Hall–Kier alpha value is -1.77. The summed E-state index contributed by atoms with van der Waals surface area (Å²) in [6, 6.07) is 7.52. The van der Waals surface area contributed by atoms with Crippen LogP contribution >= 0.6 is 0 Å². The molecule has 0 bridgehead atoms. The first-order chi connectivity index (χ1) is 9.24. The second-order valence-corrected chi connectivity index (χ2v) is 4.65. The average Bonchev–Trinajstić information content (AvgIpc) is 2.46. The third-order valence-corrected chi connectivity index (χ3v) is 3.42. The summed E-state index contributed by atoms with van der Waals surface area (Å²) in [5.74, 6) is 0. The maximum Gasteiger partial charge on any atom is 0.101 e. The fourth-order valence-corrected chi connectivity index (χ4v) is 2.23. The third-order valence-electron chi connectivity index (χ3n) is 3.42. The molecule has 1 unspecified atom stereocenters. The highest BCUT2D eigenvalue weighted by Gasteiger charge is 2.19. The summed E-state index contributed by atoms with van der Waals surface area (Å²) in [5.41, 5.74) is 7.74. The molecule has 5 nitrogen and oxygen atoms in total. The van der Waals surface area contributed by atoms with Crippen LogP contribution in [0.1, 0.15) is 12.5 Å². The molecular weight excluding hydrogens is 240 g/mol. The van der Waals surface area contributed by atoms with E-state index in [1.165, 1.54) is 0 Å². The van der Waals surface area contributed by atoms with E-state index in [2.05, 4.69) is 23.2 Å². The highest BCUT2D eigenvalue weighted by atomic mass is 16.5. The Morgan fingerprint density at radius 1 is 1.58 bits per heavy atom. The van der Waals surface area contributed by atoms with E-state index in [4.69, 9.17) is 15.7 Å². The van der Waals surface area contributed by atoms with Crippen LogP contribution in [0.4, 0.5) is 11.4 Å². The Morgan fingerprint density at radius 3 is 3.16 bits per heavy atom. The van der Waals surface area contributed by atoms with Crippen LogP contribution in [-0.4, -0.2) is 43.8 Å². The van der Waals surface area contributed by atoms with Crippen molar-refractivity contribution in [3.05, 3.63) is 23.8 Å². The smallest absolute Gasteiger partial charge is 0.101 e. The lowest BCUT2D eigenvalue weighted by molar-refractivity contribution is -0.0191. The van der Waals surface area contributed by atoms with Crippen LogP contribution in [0.25, 0.3) is 0 Å². The Labute approximate surface area is 114 Å². The summed E-state index contributed by atoms with van der Waals surface area (Å²) in [6.45, 7) is 6.61. The molecule has 2 rings (SSSR count). The molecule has 1 heterocycles. The van der Waals surface area contributed by atoms with E-state index in [0.717, 1.165) is 31.9 Å². The lowest BCUT2D eigenvalue weighted by Crippen LogP contribution is -2.45. The van der Waals surface area contributed by atoms with Gasteiger partial charge < -0.3 is 15.8 Å². The molecule has 5 heteroatoms. The largest absolute Gasteiger partial charge is 0.396 e. The van der Waals surface area contributed by atoms with Gasteiger partial charge in [0.1, 0.15) is 6.07 Å². The molecule has 1 aliphatic rings. The normalized spacial score (nSPS) is 19.9. The van der Waals surface area contributed by atoms with E-state index in [9.17, 15) is 0 Å². The van der Waals surface area contributed by atoms with E-state index in [0.29, 0.717) is 17.8 Å². The zero-order valence-electron chi connectivity index (χ0n) is 11.2. The molecular formula is C14H20N4O. The first-order valence-electron chi connectivity index (χ1n) is 6.61. The number of benzene rings is 1. The molecule has 1 fully saturated rings. The van der Waals surface area contributed by atoms with Crippen LogP contribution in [0.3, 0.4) is 0 Å². The molecule has 0 radical (unpaired) electrons. The van der Waals surface area contributed by atoms with Crippen molar-refractivity contribution >= 4 is 11.4 Å². The summed E-state index contributed by atoms with van der Waals surface area (Å²) >= 11 is 0. The molecule has 3 N–H and O–H groups in total. The molecule has 0 amide bonds. The quantitative estimate of drug-likeness (QED) is 0.798. The molecule has 1 aromatic rings. The summed E-state index contributed by atoms with van der Waals surface area (Å²) in [7, 11) is 0. The molecule has 0 saturated carbocycles. The van der Waals surface area contributed by atoms with Gasteiger partial charge in [0.15, 0.2) is 0 Å². The Morgan fingerprint density at radius 2 is 2.42 bits per heavy atom. The van der Waals surface area contributed by atoms with Crippen LogP contribution in [-0.2, 0) is 4.74 Å². The maximum atomic E-state index is 8.94. The summed E-state index contributed by atoms with van der Waals surface area (Å²) < 4.78 is 5.72. The van der Waals surface area contributed by atoms with Crippen molar-refractivity contribution in [2.45, 2.75) is 13.0 Å². The maximum absolute atomic E-state index is 8.94. The minimum Gasteiger partial charge on any atom is -0.396 e. The van der Waals surface area contributed by atoms with Crippen LogP contribution in [0.15, 0.2) is 18.2 Å². The molecule has 1 saturated heterocycles. The number of hydrogen-bond acceptors (Lipinski definition) is 5.